The molecule has 0 radical (unpaired) electrons. The molecule has 0 N–H and O–H groups in total. The van der Waals surface area contributed by atoms with Gasteiger partial charge in [0.15, 0.2) is 0 Å². The number of halogens is 1. The van der Waals surface area contributed by atoms with Gasteiger partial charge in [-0.1, -0.05) is 28.8 Å². The van der Waals surface area contributed by atoms with Gasteiger partial charge in [0.1, 0.15) is 0 Å². The molecule has 0 atom stereocenters. The number of nitrogens with zero attached hydrogens (tertiary/aromatic N) is 1. The Labute approximate surface area is 101 Å². The fourth-order valence-electron chi connectivity index (χ4n) is 2.50. The van der Waals surface area contributed by atoms with Crippen molar-refractivity contribution in [3.05, 3.63) is 0 Å². The van der Waals surface area contributed by atoms with Crippen LogP contribution in [0, 0.1) is 5.92 Å². The Morgan fingerprint density at radius 3 is 2.40 bits per heavy atom. The van der Waals surface area contributed by atoms with Crippen molar-refractivity contribution in [1.82, 2.24) is 4.90 Å². The van der Waals surface area contributed by atoms with Crippen LogP contribution in [0.25, 0.3) is 0 Å². The van der Waals surface area contributed by atoms with Crippen molar-refractivity contribution in [2.75, 3.05) is 11.9 Å². The molecule has 2 fully saturated rings. The topological polar surface area (TPSA) is 20.3 Å². The summed E-state index contributed by atoms with van der Waals surface area (Å²) in [7, 11) is 0. The molecular weight excluding hydrogens is 254 g/mol. The first-order valence-electron chi connectivity index (χ1n) is 6.16. The van der Waals surface area contributed by atoms with Gasteiger partial charge in [-0.15, -0.1) is 0 Å². The van der Waals surface area contributed by atoms with Crippen molar-refractivity contribution in [3.8, 4) is 0 Å². The molecule has 0 unspecified atom stereocenters. The maximum absolute atomic E-state index is 12.1. The van der Waals surface area contributed by atoms with Gasteiger partial charge in [0.05, 0.1) is 0 Å². The summed E-state index contributed by atoms with van der Waals surface area (Å²) in [5.74, 6) is 1.13. The van der Waals surface area contributed by atoms with Gasteiger partial charge in [-0.05, 0) is 31.6 Å². The summed E-state index contributed by atoms with van der Waals surface area (Å²) in [6.45, 7) is 0.899. The normalized spacial score (nSPS) is 21.9. The first kappa shape index (κ1) is 11.4. The van der Waals surface area contributed by atoms with E-state index in [9.17, 15) is 4.79 Å². The Kier molecular flexibility index (Phi) is 4.06. The molecule has 0 aromatic heterocycles. The quantitative estimate of drug-likeness (QED) is 0.706. The van der Waals surface area contributed by atoms with Crippen molar-refractivity contribution in [3.63, 3.8) is 0 Å². The largest absolute Gasteiger partial charge is 0.339 e. The average molecular weight is 274 g/mol. The Balaban J connectivity index is 1.87. The molecule has 2 rings (SSSR count). The fraction of sp³-hybridized carbons (Fsp3) is 0.917. The van der Waals surface area contributed by atoms with Gasteiger partial charge in [-0.2, -0.15) is 0 Å². The Morgan fingerprint density at radius 1 is 1.20 bits per heavy atom. The zero-order chi connectivity index (χ0) is 10.7. The van der Waals surface area contributed by atoms with Crippen LogP contribution in [-0.4, -0.2) is 28.7 Å². The van der Waals surface area contributed by atoms with E-state index in [2.05, 4.69) is 20.8 Å². The predicted octanol–water partition coefficient (Wildman–Crippen LogP) is 2.95. The summed E-state index contributed by atoms with van der Waals surface area (Å²) < 4.78 is 0. The van der Waals surface area contributed by atoms with E-state index in [1.165, 1.54) is 38.5 Å². The molecule has 0 saturated heterocycles. The van der Waals surface area contributed by atoms with Crippen LogP contribution in [0.4, 0.5) is 0 Å². The summed E-state index contributed by atoms with van der Waals surface area (Å²) in [6, 6.07) is 0.550. The number of hydrogen-bond donors (Lipinski definition) is 0. The van der Waals surface area contributed by atoms with E-state index in [0.717, 1.165) is 24.2 Å². The van der Waals surface area contributed by atoms with E-state index in [1.807, 2.05) is 0 Å². The van der Waals surface area contributed by atoms with Crippen LogP contribution in [-0.2, 0) is 4.79 Å². The standard InChI is InChI=1S/C12H20BrNO/c13-7-8-14(11-3-1-2-4-11)12(15)9-10-5-6-10/h10-11H,1-9H2. The molecule has 1 amide bonds. The van der Waals surface area contributed by atoms with Crippen molar-refractivity contribution >= 4 is 21.8 Å². The highest BCUT2D eigenvalue weighted by atomic mass is 79.9. The number of amides is 1. The van der Waals surface area contributed by atoms with Gasteiger partial charge >= 0.3 is 0 Å². The van der Waals surface area contributed by atoms with Crippen LogP contribution < -0.4 is 0 Å². The van der Waals surface area contributed by atoms with Crippen molar-refractivity contribution in [2.24, 2.45) is 5.92 Å². The van der Waals surface area contributed by atoms with Crippen LogP contribution in [0.5, 0.6) is 0 Å². The van der Waals surface area contributed by atoms with Crippen LogP contribution in [0.2, 0.25) is 0 Å². The number of rotatable bonds is 5. The van der Waals surface area contributed by atoms with E-state index in [-0.39, 0.29) is 0 Å². The molecule has 0 aliphatic heterocycles. The van der Waals surface area contributed by atoms with E-state index >= 15 is 0 Å². The highest BCUT2D eigenvalue weighted by Gasteiger charge is 2.30. The van der Waals surface area contributed by atoms with Crippen LogP contribution in [0.3, 0.4) is 0 Å². The summed E-state index contributed by atoms with van der Waals surface area (Å²) in [6.07, 6.45) is 8.42. The molecule has 0 bridgehead atoms. The Bertz CT molecular complexity index is 222. The van der Waals surface area contributed by atoms with Crippen molar-refractivity contribution < 1.29 is 4.79 Å². The van der Waals surface area contributed by atoms with Crippen LogP contribution >= 0.6 is 15.9 Å². The molecule has 86 valence electrons. The SMILES string of the molecule is O=C(CC1CC1)N(CCBr)C1CCCC1. The molecule has 15 heavy (non-hydrogen) atoms. The molecular formula is C12H20BrNO. The second-order valence-electron chi connectivity index (χ2n) is 4.86. The zero-order valence-electron chi connectivity index (χ0n) is 9.25. The third-order valence-electron chi connectivity index (χ3n) is 3.57. The number of alkyl halides is 1. The summed E-state index contributed by atoms with van der Waals surface area (Å²) in [5.41, 5.74) is 0. The van der Waals surface area contributed by atoms with E-state index < -0.39 is 0 Å². The molecule has 0 heterocycles. The highest BCUT2D eigenvalue weighted by molar-refractivity contribution is 9.09. The van der Waals surface area contributed by atoms with E-state index in [1.54, 1.807) is 0 Å². The molecule has 2 saturated carbocycles. The first-order valence-corrected chi connectivity index (χ1v) is 7.29. The lowest BCUT2D eigenvalue weighted by atomic mass is 10.1. The van der Waals surface area contributed by atoms with E-state index in [0.29, 0.717) is 11.9 Å². The van der Waals surface area contributed by atoms with Crippen LogP contribution in [0.1, 0.15) is 44.9 Å². The van der Waals surface area contributed by atoms with E-state index in [4.69, 9.17) is 0 Å². The molecule has 0 spiro atoms. The highest BCUT2D eigenvalue weighted by Crippen LogP contribution is 2.34. The minimum absolute atomic E-state index is 0.406. The van der Waals surface area contributed by atoms with Gasteiger partial charge in [0.25, 0.3) is 0 Å². The molecule has 2 nitrogen and oxygen atoms in total. The average Bonchev–Trinajstić information content (AvgIpc) is 2.87. The van der Waals surface area contributed by atoms with Crippen LogP contribution in [0.15, 0.2) is 0 Å². The van der Waals surface area contributed by atoms with Gasteiger partial charge in [0.2, 0.25) is 5.91 Å². The number of hydrogen-bond acceptors (Lipinski definition) is 1. The summed E-state index contributed by atoms with van der Waals surface area (Å²) >= 11 is 3.45. The minimum atomic E-state index is 0.406. The second kappa shape index (κ2) is 5.33. The summed E-state index contributed by atoms with van der Waals surface area (Å²) in [4.78, 5) is 14.2. The molecule has 2 aliphatic carbocycles. The monoisotopic (exact) mass is 273 g/mol. The molecule has 0 aromatic rings. The van der Waals surface area contributed by atoms with Gasteiger partial charge in [-0.25, -0.2) is 0 Å². The maximum Gasteiger partial charge on any atom is 0.223 e. The number of carbonyl (C=O) groups excluding carboxylic acids is 1. The Hall–Kier alpha value is -0.0500. The van der Waals surface area contributed by atoms with Gasteiger partial charge in [0, 0.05) is 24.3 Å². The van der Waals surface area contributed by atoms with Crippen molar-refractivity contribution in [1.29, 1.82) is 0 Å². The summed E-state index contributed by atoms with van der Waals surface area (Å²) in [5, 5.41) is 0.917. The third-order valence-corrected chi connectivity index (χ3v) is 3.93. The van der Waals surface area contributed by atoms with Gasteiger partial charge in [-0.3, -0.25) is 4.79 Å². The van der Waals surface area contributed by atoms with Gasteiger partial charge < -0.3 is 4.90 Å². The zero-order valence-corrected chi connectivity index (χ0v) is 10.8. The molecule has 3 heteroatoms. The lowest BCUT2D eigenvalue weighted by Gasteiger charge is -2.28. The Morgan fingerprint density at radius 2 is 1.87 bits per heavy atom. The fourth-order valence-corrected chi connectivity index (χ4v) is 2.89. The molecule has 2 aliphatic rings. The number of carbonyl (C=O) groups is 1. The first-order chi connectivity index (χ1) is 7.31. The predicted molar refractivity (Wildman–Crippen MR) is 65.1 cm³/mol. The van der Waals surface area contributed by atoms with Crippen molar-refractivity contribution in [2.45, 2.75) is 51.0 Å². The lowest BCUT2D eigenvalue weighted by Crippen LogP contribution is -2.40. The maximum atomic E-state index is 12.1. The second-order valence-corrected chi connectivity index (χ2v) is 5.65. The lowest BCUT2D eigenvalue weighted by molar-refractivity contribution is -0.133. The minimum Gasteiger partial charge on any atom is -0.339 e. The smallest absolute Gasteiger partial charge is 0.223 e. The molecule has 0 aromatic carbocycles. The third kappa shape index (κ3) is 3.20.